The number of benzene rings is 1. The molecule has 3 atom stereocenters. The molecule has 26 heavy (non-hydrogen) atoms. The Morgan fingerprint density at radius 1 is 1.19 bits per heavy atom. The first-order valence-corrected chi connectivity index (χ1v) is 10.2. The van der Waals surface area contributed by atoms with Crippen LogP contribution >= 0.6 is 31.9 Å². The van der Waals surface area contributed by atoms with E-state index in [9.17, 15) is 19.8 Å². The molecular weight excluding hydrogens is 466 g/mol. The highest BCUT2D eigenvalue weighted by atomic mass is 79.9. The number of phenolic OH excluding ortho intramolecular Hbond substituents is 1. The molecule has 1 fully saturated rings. The minimum atomic E-state index is -1.24. The van der Waals surface area contributed by atoms with Crippen LogP contribution in [0.1, 0.15) is 46.8 Å². The van der Waals surface area contributed by atoms with Crippen molar-refractivity contribution in [3.05, 3.63) is 57.5 Å². The quantitative estimate of drug-likeness (QED) is 0.635. The zero-order valence-corrected chi connectivity index (χ0v) is 17.3. The summed E-state index contributed by atoms with van der Waals surface area (Å²) in [5.74, 6) is -0.959. The predicted molar refractivity (Wildman–Crippen MR) is 107 cm³/mol. The highest BCUT2D eigenvalue weighted by molar-refractivity contribution is 9.12. The summed E-state index contributed by atoms with van der Waals surface area (Å²) < 4.78 is 1.79. The van der Waals surface area contributed by atoms with Gasteiger partial charge in [-0.2, -0.15) is 0 Å². The smallest absolute Gasteiger partial charge is 0.341 e. The van der Waals surface area contributed by atoms with E-state index in [0.29, 0.717) is 4.83 Å². The molecule has 3 unspecified atom stereocenters. The molecule has 3 rings (SSSR count). The summed E-state index contributed by atoms with van der Waals surface area (Å²) in [5, 5.41) is 19.0. The molecule has 2 aromatic rings. The average molecular weight is 485 g/mol. The number of hydrogen-bond donors (Lipinski definition) is 2. The fourth-order valence-corrected chi connectivity index (χ4v) is 4.69. The number of halogens is 2. The van der Waals surface area contributed by atoms with E-state index in [4.69, 9.17) is 0 Å². The Hall–Kier alpha value is -1.60. The lowest BCUT2D eigenvalue weighted by Gasteiger charge is -2.32. The third-order valence-corrected chi connectivity index (χ3v) is 7.68. The summed E-state index contributed by atoms with van der Waals surface area (Å²) in [4.78, 5) is 24.5. The highest BCUT2D eigenvalue weighted by Gasteiger charge is 2.30. The Morgan fingerprint density at radius 3 is 2.54 bits per heavy atom. The third kappa shape index (κ3) is 3.74. The first-order valence-electron chi connectivity index (χ1n) is 8.36. The van der Waals surface area contributed by atoms with Crippen LogP contribution in [-0.4, -0.2) is 30.4 Å². The Kier molecular flexibility index (Phi) is 5.58. The first-order chi connectivity index (χ1) is 12.3. The largest absolute Gasteiger partial charge is 0.508 e. The molecule has 0 amide bonds. The van der Waals surface area contributed by atoms with Crippen LogP contribution in [-0.2, 0) is 0 Å². The van der Waals surface area contributed by atoms with Crippen LogP contribution in [0.25, 0.3) is 5.69 Å². The van der Waals surface area contributed by atoms with E-state index in [0.717, 1.165) is 36.2 Å². The fourth-order valence-electron chi connectivity index (χ4n) is 3.49. The van der Waals surface area contributed by atoms with E-state index in [1.807, 2.05) is 6.92 Å². The van der Waals surface area contributed by atoms with E-state index in [1.165, 1.54) is 12.3 Å². The van der Waals surface area contributed by atoms with Gasteiger partial charge in [-0.1, -0.05) is 31.9 Å². The topological polar surface area (TPSA) is 79.5 Å². The normalized spacial score (nSPS) is 23.0. The van der Waals surface area contributed by atoms with Crippen LogP contribution < -0.4 is 5.43 Å². The molecular formula is C19H19Br2NO4. The zero-order chi connectivity index (χ0) is 19.0. The van der Waals surface area contributed by atoms with Gasteiger partial charge in [-0.25, -0.2) is 4.79 Å². The van der Waals surface area contributed by atoms with Crippen LogP contribution in [0, 0.1) is 6.92 Å². The standard InChI is InChI=1S/C19H19Br2NO4/c1-10-6-12(23)3-5-16(10)22-9-13(19(25)26)18(24)8-17(22)11-2-4-14(20)15(21)7-11/h3,5-6,8-9,11,14-15,23H,2,4,7H2,1H3,(H,25,26). The second kappa shape index (κ2) is 7.56. The molecule has 0 radical (unpaired) electrons. The molecule has 0 saturated heterocycles. The lowest BCUT2D eigenvalue weighted by atomic mass is 9.86. The number of aromatic nitrogens is 1. The second-order valence-corrected chi connectivity index (χ2v) is 9.02. The van der Waals surface area contributed by atoms with Crippen LogP contribution in [0.5, 0.6) is 5.75 Å². The number of rotatable bonds is 3. The second-order valence-electron chi connectivity index (χ2n) is 6.66. The van der Waals surface area contributed by atoms with Gasteiger partial charge < -0.3 is 14.8 Å². The molecule has 5 nitrogen and oxygen atoms in total. The molecule has 1 aromatic carbocycles. The van der Waals surface area contributed by atoms with E-state index in [-0.39, 0.29) is 22.1 Å². The van der Waals surface area contributed by atoms with Crippen molar-refractivity contribution in [2.24, 2.45) is 0 Å². The maximum atomic E-state index is 12.3. The number of carboxylic acids is 1. The monoisotopic (exact) mass is 483 g/mol. The Balaban J connectivity index is 2.18. The molecule has 1 aliphatic rings. The minimum Gasteiger partial charge on any atom is -0.508 e. The number of pyridine rings is 1. The van der Waals surface area contributed by atoms with Gasteiger partial charge in [0.15, 0.2) is 5.43 Å². The molecule has 0 spiro atoms. The van der Waals surface area contributed by atoms with E-state index >= 15 is 0 Å². The van der Waals surface area contributed by atoms with Crippen molar-refractivity contribution < 1.29 is 15.0 Å². The van der Waals surface area contributed by atoms with Crippen molar-refractivity contribution in [1.82, 2.24) is 4.57 Å². The number of aryl methyl sites for hydroxylation is 1. The third-order valence-electron chi connectivity index (χ3n) is 4.86. The molecule has 1 aliphatic carbocycles. The van der Waals surface area contributed by atoms with E-state index in [2.05, 4.69) is 31.9 Å². The van der Waals surface area contributed by atoms with Crippen molar-refractivity contribution in [3.63, 3.8) is 0 Å². The number of carboxylic acid groups (broad SMARTS) is 1. The predicted octanol–water partition coefficient (Wildman–Crippen LogP) is 4.34. The van der Waals surface area contributed by atoms with Crippen LogP contribution in [0.15, 0.2) is 35.3 Å². The van der Waals surface area contributed by atoms with E-state index < -0.39 is 11.4 Å². The van der Waals surface area contributed by atoms with Gasteiger partial charge in [0.05, 0.1) is 0 Å². The number of carbonyl (C=O) groups is 1. The van der Waals surface area contributed by atoms with Gasteiger partial charge in [0.2, 0.25) is 0 Å². The van der Waals surface area contributed by atoms with Crippen LogP contribution in [0.4, 0.5) is 0 Å². The lowest BCUT2D eigenvalue weighted by molar-refractivity contribution is 0.0694. The number of aromatic hydroxyl groups is 1. The van der Waals surface area contributed by atoms with Crippen LogP contribution in [0.2, 0.25) is 0 Å². The molecule has 0 bridgehead atoms. The molecule has 1 heterocycles. The number of aromatic carboxylic acids is 1. The maximum Gasteiger partial charge on any atom is 0.341 e. The molecule has 1 aromatic heterocycles. The van der Waals surface area contributed by atoms with E-state index in [1.54, 1.807) is 22.8 Å². The Labute approximate surface area is 167 Å². The minimum absolute atomic E-state index is 0.136. The van der Waals surface area contributed by atoms with Crippen molar-refractivity contribution in [1.29, 1.82) is 0 Å². The number of phenols is 1. The van der Waals surface area contributed by atoms with Gasteiger partial charge in [0, 0.05) is 39.2 Å². The summed E-state index contributed by atoms with van der Waals surface area (Å²) >= 11 is 7.35. The van der Waals surface area contributed by atoms with Crippen molar-refractivity contribution >= 4 is 37.8 Å². The van der Waals surface area contributed by atoms with Crippen molar-refractivity contribution in [2.75, 3.05) is 0 Å². The van der Waals surface area contributed by atoms with Gasteiger partial charge in [0.1, 0.15) is 11.3 Å². The van der Waals surface area contributed by atoms with Crippen molar-refractivity contribution in [2.45, 2.75) is 41.8 Å². The van der Waals surface area contributed by atoms with Gasteiger partial charge in [-0.15, -0.1) is 0 Å². The molecule has 7 heteroatoms. The highest BCUT2D eigenvalue weighted by Crippen LogP contribution is 2.39. The summed E-state index contributed by atoms with van der Waals surface area (Å²) in [6, 6.07) is 6.38. The van der Waals surface area contributed by atoms with Gasteiger partial charge >= 0.3 is 5.97 Å². The van der Waals surface area contributed by atoms with Gasteiger partial charge in [-0.3, -0.25) is 4.79 Å². The summed E-state index contributed by atoms with van der Waals surface area (Å²) in [5.41, 5.74) is 1.62. The molecule has 1 saturated carbocycles. The van der Waals surface area contributed by atoms with Gasteiger partial charge in [0.25, 0.3) is 0 Å². The number of alkyl halides is 2. The SMILES string of the molecule is Cc1cc(O)ccc1-n1cc(C(=O)O)c(=O)cc1C1CCC(Br)C(Br)C1. The Bertz CT molecular complexity index is 909. The fraction of sp³-hybridized carbons (Fsp3) is 0.368. The maximum absolute atomic E-state index is 12.3. The average Bonchev–Trinajstić information content (AvgIpc) is 2.57. The number of hydrogen-bond acceptors (Lipinski definition) is 3. The summed E-state index contributed by atoms with van der Waals surface area (Å²) in [6.07, 6.45) is 4.12. The summed E-state index contributed by atoms with van der Waals surface area (Å²) in [6.45, 7) is 1.85. The number of nitrogens with zero attached hydrogens (tertiary/aromatic N) is 1. The van der Waals surface area contributed by atoms with Gasteiger partial charge in [-0.05, 0) is 49.9 Å². The van der Waals surface area contributed by atoms with Crippen LogP contribution in [0.3, 0.4) is 0 Å². The first kappa shape index (κ1) is 19.2. The summed E-state index contributed by atoms with van der Waals surface area (Å²) in [7, 11) is 0. The Morgan fingerprint density at radius 2 is 1.92 bits per heavy atom. The molecule has 0 aliphatic heterocycles. The molecule has 2 N–H and O–H groups in total. The molecule has 138 valence electrons. The lowest BCUT2D eigenvalue weighted by Crippen LogP contribution is -2.28. The van der Waals surface area contributed by atoms with Crippen molar-refractivity contribution in [3.8, 4) is 11.4 Å². The zero-order valence-electron chi connectivity index (χ0n) is 14.2.